The molecule has 0 saturated heterocycles. The maximum Gasteiger partial charge on any atom is 0.416 e. The van der Waals surface area contributed by atoms with Gasteiger partial charge in [-0.2, -0.15) is 13.2 Å². The lowest BCUT2D eigenvalue weighted by molar-refractivity contribution is -0.137. The van der Waals surface area contributed by atoms with Crippen molar-refractivity contribution in [2.75, 3.05) is 10.7 Å². The first-order chi connectivity index (χ1) is 9.90. The van der Waals surface area contributed by atoms with Crippen LogP contribution in [0.25, 0.3) is 0 Å². The molecule has 1 aromatic rings. The second-order valence-electron chi connectivity index (χ2n) is 5.22. The van der Waals surface area contributed by atoms with E-state index < -0.39 is 17.8 Å². The highest BCUT2D eigenvalue weighted by atomic mass is 19.4. The maximum absolute atomic E-state index is 12.8. The number of nitrogen functional groups attached to an aromatic ring is 1. The third-order valence-corrected chi connectivity index (χ3v) is 3.61. The van der Waals surface area contributed by atoms with Crippen LogP contribution in [0.4, 0.5) is 24.8 Å². The Morgan fingerprint density at radius 1 is 1.14 bits per heavy atom. The van der Waals surface area contributed by atoms with Crippen molar-refractivity contribution < 1.29 is 18.3 Å². The van der Waals surface area contributed by atoms with Crippen LogP contribution in [0.1, 0.15) is 37.7 Å². The van der Waals surface area contributed by atoms with Gasteiger partial charge in [-0.25, -0.2) is 10.8 Å². The van der Waals surface area contributed by atoms with E-state index in [0.717, 1.165) is 31.4 Å². The summed E-state index contributed by atoms with van der Waals surface area (Å²) in [5.74, 6) is 5.14. The van der Waals surface area contributed by atoms with E-state index >= 15 is 0 Å². The summed E-state index contributed by atoms with van der Waals surface area (Å²) in [7, 11) is 0. The zero-order valence-electron chi connectivity index (χ0n) is 11.5. The fraction of sp³-hybridized carbons (Fsp3) is 0.615. The minimum atomic E-state index is -4.48. The molecule has 1 aliphatic rings. The molecule has 21 heavy (non-hydrogen) atoms. The van der Waals surface area contributed by atoms with Crippen molar-refractivity contribution in [3.63, 3.8) is 0 Å². The lowest BCUT2D eigenvalue weighted by Gasteiger charge is -2.23. The molecule has 0 aromatic carbocycles. The number of nitrogens with one attached hydrogen (secondary N) is 2. The molecule has 2 unspecified atom stereocenters. The van der Waals surface area contributed by atoms with E-state index in [4.69, 9.17) is 5.84 Å². The number of hydrogen-bond donors (Lipinski definition) is 4. The molecule has 1 aliphatic carbocycles. The Morgan fingerprint density at radius 2 is 1.81 bits per heavy atom. The molecule has 1 heterocycles. The van der Waals surface area contributed by atoms with Gasteiger partial charge in [0, 0.05) is 0 Å². The van der Waals surface area contributed by atoms with Crippen LogP contribution >= 0.6 is 0 Å². The Kier molecular flexibility index (Phi) is 4.89. The molecule has 0 radical (unpaired) electrons. The lowest BCUT2D eigenvalue weighted by Crippen LogP contribution is -2.33. The van der Waals surface area contributed by atoms with Gasteiger partial charge in [0.2, 0.25) is 0 Å². The maximum atomic E-state index is 12.8. The standard InChI is InChI=1S/C13H19F3N4O/c14-13(15,16)8-6-11(19-12(7-8)20-17)18-9-4-2-1-3-5-10(9)21/h6-7,9-10,21H,1-5,17H2,(H2,18,19,20). The van der Waals surface area contributed by atoms with Crippen LogP contribution in [-0.4, -0.2) is 22.2 Å². The number of nitrogens with two attached hydrogens (primary N) is 1. The summed E-state index contributed by atoms with van der Waals surface area (Å²) in [5, 5.41) is 12.9. The smallest absolute Gasteiger partial charge is 0.391 e. The monoisotopic (exact) mass is 304 g/mol. The van der Waals surface area contributed by atoms with E-state index in [9.17, 15) is 18.3 Å². The normalized spacial score (nSPS) is 23.5. The van der Waals surface area contributed by atoms with Crippen LogP contribution in [0.2, 0.25) is 0 Å². The van der Waals surface area contributed by atoms with E-state index in [2.05, 4.69) is 15.7 Å². The first-order valence-corrected chi connectivity index (χ1v) is 6.90. The molecule has 1 fully saturated rings. The van der Waals surface area contributed by atoms with Gasteiger partial charge in [-0.1, -0.05) is 19.3 Å². The quantitative estimate of drug-likeness (QED) is 0.392. The van der Waals surface area contributed by atoms with Crippen molar-refractivity contribution in [3.8, 4) is 0 Å². The molecule has 0 aliphatic heterocycles. The van der Waals surface area contributed by atoms with Gasteiger partial charge in [-0.05, 0) is 25.0 Å². The number of hydrogen-bond acceptors (Lipinski definition) is 5. The summed E-state index contributed by atoms with van der Waals surface area (Å²) in [6.45, 7) is 0. The Hall–Kier alpha value is -1.54. The van der Waals surface area contributed by atoms with Crippen molar-refractivity contribution in [2.45, 2.75) is 50.4 Å². The lowest BCUT2D eigenvalue weighted by atomic mass is 10.1. The van der Waals surface area contributed by atoms with Crippen molar-refractivity contribution in [1.29, 1.82) is 0 Å². The van der Waals surface area contributed by atoms with Gasteiger partial charge in [0.1, 0.15) is 11.6 Å². The number of hydrazine groups is 1. The average Bonchev–Trinajstić information content (AvgIpc) is 2.63. The van der Waals surface area contributed by atoms with Crippen LogP contribution in [0.15, 0.2) is 12.1 Å². The summed E-state index contributed by atoms with van der Waals surface area (Å²) in [6, 6.07) is 1.47. The molecule has 0 amide bonds. The molecule has 1 aromatic heterocycles. The molecule has 2 rings (SSSR count). The first kappa shape index (κ1) is 15.8. The molecular formula is C13H19F3N4O. The Morgan fingerprint density at radius 3 is 2.48 bits per heavy atom. The largest absolute Gasteiger partial charge is 0.416 e. The second kappa shape index (κ2) is 6.48. The number of pyridine rings is 1. The summed E-state index contributed by atoms with van der Waals surface area (Å²) in [4.78, 5) is 3.97. The average molecular weight is 304 g/mol. The third kappa shape index (κ3) is 4.21. The fourth-order valence-electron chi connectivity index (χ4n) is 2.49. The number of aliphatic hydroxyl groups excluding tert-OH is 1. The number of anilines is 2. The second-order valence-corrected chi connectivity index (χ2v) is 5.22. The summed E-state index contributed by atoms with van der Waals surface area (Å²) >= 11 is 0. The minimum Gasteiger partial charge on any atom is -0.391 e. The van der Waals surface area contributed by atoms with Gasteiger partial charge in [0.05, 0.1) is 17.7 Å². The van der Waals surface area contributed by atoms with Gasteiger partial charge in [0.15, 0.2) is 0 Å². The fourth-order valence-corrected chi connectivity index (χ4v) is 2.49. The van der Waals surface area contributed by atoms with Crippen molar-refractivity contribution in [3.05, 3.63) is 17.7 Å². The van der Waals surface area contributed by atoms with E-state index in [1.807, 2.05) is 0 Å². The highest BCUT2D eigenvalue weighted by Crippen LogP contribution is 2.32. The first-order valence-electron chi connectivity index (χ1n) is 6.90. The molecule has 8 heteroatoms. The van der Waals surface area contributed by atoms with Gasteiger partial charge in [0.25, 0.3) is 0 Å². The van der Waals surface area contributed by atoms with Crippen molar-refractivity contribution in [1.82, 2.24) is 4.98 Å². The Balaban J connectivity index is 2.22. The number of aromatic nitrogens is 1. The van der Waals surface area contributed by atoms with E-state index in [1.54, 1.807) is 0 Å². The third-order valence-electron chi connectivity index (χ3n) is 3.61. The van der Waals surface area contributed by atoms with Crippen LogP contribution in [0.3, 0.4) is 0 Å². The zero-order valence-corrected chi connectivity index (χ0v) is 11.5. The number of alkyl halides is 3. The molecular weight excluding hydrogens is 285 g/mol. The zero-order chi connectivity index (χ0) is 15.5. The molecule has 118 valence electrons. The molecule has 1 saturated carbocycles. The predicted molar refractivity (Wildman–Crippen MR) is 73.6 cm³/mol. The number of rotatable bonds is 3. The SMILES string of the molecule is NNc1cc(C(F)(F)F)cc(NC2CCCCCC2O)n1. The Bertz CT molecular complexity index is 481. The minimum absolute atomic E-state index is 0.0590. The van der Waals surface area contributed by atoms with Crippen LogP contribution < -0.4 is 16.6 Å². The highest BCUT2D eigenvalue weighted by Gasteiger charge is 2.32. The van der Waals surface area contributed by atoms with Gasteiger partial charge >= 0.3 is 6.18 Å². The predicted octanol–water partition coefficient (Wildman–Crippen LogP) is 2.49. The molecule has 0 spiro atoms. The highest BCUT2D eigenvalue weighted by molar-refractivity contribution is 5.49. The molecule has 5 nitrogen and oxygen atoms in total. The van der Waals surface area contributed by atoms with Crippen LogP contribution in [-0.2, 0) is 6.18 Å². The van der Waals surface area contributed by atoms with Crippen molar-refractivity contribution in [2.24, 2.45) is 5.84 Å². The summed E-state index contributed by atoms with van der Waals surface area (Å²) in [6.07, 6.45) is -0.865. The van der Waals surface area contributed by atoms with Crippen LogP contribution in [0, 0.1) is 0 Å². The van der Waals surface area contributed by atoms with Crippen molar-refractivity contribution >= 4 is 11.6 Å². The number of halogens is 3. The topological polar surface area (TPSA) is 83.2 Å². The van der Waals surface area contributed by atoms with Gasteiger partial charge < -0.3 is 15.8 Å². The van der Waals surface area contributed by atoms with E-state index in [1.165, 1.54) is 0 Å². The van der Waals surface area contributed by atoms with E-state index in [-0.39, 0.29) is 17.7 Å². The Labute approximate surface area is 120 Å². The van der Waals surface area contributed by atoms with E-state index in [0.29, 0.717) is 12.8 Å². The molecule has 5 N–H and O–H groups in total. The number of nitrogens with zero attached hydrogens (tertiary/aromatic N) is 1. The summed E-state index contributed by atoms with van der Waals surface area (Å²) < 4.78 is 38.5. The van der Waals surface area contributed by atoms with Crippen LogP contribution in [0.5, 0.6) is 0 Å². The van der Waals surface area contributed by atoms with Gasteiger partial charge in [-0.3, -0.25) is 0 Å². The molecule has 0 bridgehead atoms. The number of aliphatic hydroxyl groups is 1. The molecule has 2 atom stereocenters. The van der Waals surface area contributed by atoms with Gasteiger partial charge in [-0.15, -0.1) is 0 Å². The summed E-state index contributed by atoms with van der Waals surface area (Å²) in [5.41, 5.74) is 1.29.